The summed E-state index contributed by atoms with van der Waals surface area (Å²) >= 11 is 17.1. The van der Waals surface area contributed by atoms with Crippen LogP contribution in [0.1, 0.15) is 0 Å². The Balaban J connectivity index is 2.50. The minimum atomic E-state index is -1.21. The van der Waals surface area contributed by atoms with Gasteiger partial charge in [-0.2, -0.15) is 13.8 Å². The Labute approximate surface area is 116 Å². The fourth-order valence-electron chi connectivity index (χ4n) is 1.20. The highest BCUT2D eigenvalue weighted by molar-refractivity contribution is 6.37. The number of ether oxygens (including phenoxy) is 1. The Morgan fingerprint density at radius 1 is 0.944 bits per heavy atom. The molecule has 0 aliphatic rings. The summed E-state index contributed by atoms with van der Waals surface area (Å²) in [5.74, 6) is -2.61. The lowest BCUT2D eigenvalue weighted by atomic mass is 10.3. The number of hydrogen-bond donors (Lipinski definition) is 0. The van der Waals surface area contributed by atoms with Gasteiger partial charge in [0.25, 0.3) is 0 Å². The molecule has 0 bridgehead atoms. The van der Waals surface area contributed by atoms with E-state index in [-0.39, 0.29) is 16.5 Å². The van der Waals surface area contributed by atoms with Crippen LogP contribution in [0.25, 0.3) is 0 Å². The van der Waals surface area contributed by atoms with Gasteiger partial charge in [-0.15, -0.1) is 0 Å². The second-order valence-electron chi connectivity index (χ2n) is 3.18. The van der Waals surface area contributed by atoms with Crippen molar-refractivity contribution in [2.24, 2.45) is 0 Å². The molecule has 0 aliphatic carbocycles. The molecule has 0 saturated carbocycles. The van der Waals surface area contributed by atoms with Crippen molar-refractivity contribution in [1.82, 2.24) is 4.98 Å². The van der Waals surface area contributed by atoms with Gasteiger partial charge >= 0.3 is 0 Å². The Hall–Kier alpha value is -1.10. The molecule has 94 valence electrons. The average Bonchev–Trinajstić information content (AvgIpc) is 2.34. The first-order valence-electron chi connectivity index (χ1n) is 4.63. The molecule has 1 aromatic heterocycles. The molecule has 0 atom stereocenters. The number of para-hydroxylation sites is 1. The maximum atomic E-state index is 13.2. The molecule has 0 unspecified atom stereocenters. The van der Waals surface area contributed by atoms with Gasteiger partial charge in [0.15, 0.2) is 5.75 Å². The zero-order valence-corrected chi connectivity index (χ0v) is 10.8. The molecule has 7 heteroatoms. The highest BCUT2D eigenvalue weighted by Crippen LogP contribution is 2.40. The predicted molar refractivity (Wildman–Crippen MR) is 65.7 cm³/mol. The molecule has 1 heterocycles. The summed E-state index contributed by atoms with van der Waals surface area (Å²) < 4.78 is 31.6. The van der Waals surface area contributed by atoms with E-state index in [0.29, 0.717) is 0 Å². The zero-order chi connectivity index (χ0) is 13.3. The Morgan fingerprint density at radius 2 is 1.50 bits per heavy atom. The van der Waals surface area contributed by atoms with Crippen molar-refractivity contribution in [3.8, 4) is 11.5 Å². The third kappa shape index (κ3) is 2.51. The third-order valence-electron chi connectivity index (χ3n) is 2.01. The predicted octanol–water partition coefficient (Wildman–Crippen LogP) is 5.11. The van der Waals surface area contributed by atoms with Gasteiger partial charge in [-0.05, 0) is 12.1 Å². The quantitative estimate of drug-likeness (QED) is 0.719. The standard InChI is InChI=1S/C11H4Cl3F2NO/c12-5-3-1-2-4-6(5)18-9-7(13)10(15)17-11(16)8(9)14/h1-4H. The normalized spacial score (nSPS) is 10.5. The maximum Gasteiger partial charge on any atom is 0.238 e. The molecule has 1 aromatic carbocycles. The molecule has 18 heavy (non-hydrogen) atoms. The van der Waals surface area contributed by atoms with Crippen molar-refractivity contribution >= 4 is 34.8 Å². The minimum absolute atomic E-state index is 0.174. The van der Waals surface area contributed by atoms with Crippen molar-refractivity contribution in [3.05, 3.63) is 51.2 Å². The molecule has 2 rings (SSSR count). The molecule has 0 amide bonds. The molecule has 0 N–H and O–H groups in total. The van der Waals surface area contributed by atoms with Crippen LogP contribution < -0.4 is 4.74 Å². The van der Waals surface area contributed by atoms with E-state index in [0.717, 1.165) is 0 Å². The Kier molecular flexibility index (Phi) is 3.90. The first-order chi connectivity index (χ1) is 8.50. The van der Waals surface area contributed by atoms with Crippen LogP contribution in [0.5, 0.6) is 11.5 Å². The average molecular weight is 311 g/mol. The van der Waals surface area contributed by atoms with E-state index in [1.807, 2.05) is 0 Å². The van der Waals surface area contributed by atoms with Gasteiger partial charge in [0.2, 0.25) is 11.9 Å². The molecular weight excluding hydrogens is 306 g/mol. The second kappa shape index (κ2) is 5.26. The topological polar surface area (TPSA) is 22.1 Å². The van der Waals surface area contributed by atoms with Gasteiger partial charge in [-0.3, -0.25) is 0 Å². The van der Waals surface area contributed by atoms with Crippen molar-refractivity contribution in [1.29, 1.82) is 0 Å². The van der Waals surface area contributed by atoms with Crippen molar-refractivity contribution in [3.63, 3.8) is 0 Å². The minimum Gasteiger partial charge on any atom is -0.452 e. The zero-order valence-electron chi connectivity index (χ0n) is 8.55. The summed E-state index contributed by atoms with van der Waals surface area (Å²) in [6.45, 7) is 0. The van der Waals surface area contributed by atoms with E-state index >= 15 is 0 Å². The monoisotopic (exact) mass is 309 g/mol. The van der Waals surface area contributed by atoms with Crippen molar-refractivity contribution in [2.45, 2.75) is 0 Å². The Bertz CT molecular complexity index is 581. The number of benzene rings is 1. The van der Waals surface area contributed by atoms with Crippen LogP contribution in [-0.4, -0.2) is 4.98 Å². The van der Waals surface area contributed by atoms with Crippen LogP contribution in [0.4, 0.5) is 8.78 Å². The molecule has 0 saturated heterocycles. The molecular formula is C11H4Cl3F2NO. The highest BCUT2D eigenvalue weighted by Gasteiger charge is 2.20. The number of aromatic nitrogens is 1. The van der Waals surface area contributed by atoms with Gasteiger partial charge in [0.1, 0.15) is 15.8 Å². The molecule has 0 fully saturated rings. The van der Waals surface area contributed by atoms with E-state index in [4.69, 9.17) is 39.5 Å². The van der Waals surface area contributed by atoms with E-state index in [1.165, 1.54) is 6.07 Å². The lowest BCUT2D eigenvalue weighted by molar-refractivity contribution is 0.453. The van der Waals surface area contributed by atoms with Crippen LogP contribution >= 0.6 is 34.8 Å². The van der Waals surface area contributed by atoms with Gasteiger partial charge < -0.3 is 4.74 Å². The van der Waals surface area contributed by atoms with E-state index in [2.05, 4.69) is 4.98 Å². The van der Waals surface area contributed by atoms with Crippen LogP contribution in [0.15, 0.2) is 24.3 Å². The summed E-state index contributed by atoms with van der Waals surface area (Å²) in [6, 6.07) is 6.36. The molecule has 2 nitrogen and oxygen atoms in total. The van der Waals surface area contributed by atoms with Gasteiger partial charge in [-0.25, -0.2) is 0 Å². The van der Waals surface area contributed by atoms with Gasteiger partial charge in [-0.1, -0.05) is 46.9 Å². The summed E-state index contributed by atoms with van der Waals surface area (Å²) in [5.41, 5.74) is 0. The SMILES string of the molecule is Fc1nc(F)c(Cl)c(Oc2ccccc2Cl)c1Cl. The van der Waals surface area contributed by atoms with E-state index in [1.54, 1.807) is 18.2 Å². The van der Waals surface area contributed by atoms with Crippen LogP contribution in [0, 0.1) is 11.9 Å². The summed E-state index contributed by atoms with van der Waals surface area (Å²) in [5, 5.41) is -0.773. The summed E-state index contributed by atoms with van der Waals surface area (Å²) in [6.07, 6.45) is 0. The lowest BCUT2D eigenvalue weighted by Gasteiger charge is -2.10. The number of hydrogen-bond acceptors (Lipinski definition) is 2. The molecule has 2 aromatic rings. The number of pyridine rings is 1. The number of nitrogens with zero attached hydrogens (tertiary/aromatic N) is 1. The smallest absolute Gasteiger partial charge is 0.238 e. The van der Waals surface area contributed by atoms with Gasteiger partial charge in [0.05, 0.1) is 5.02 Å². The lowest BCUT2D eigenvalue weighted by Crippen LogP contribution is -1.96. The number of halogens is 5. The van der Waals surface area contributed by atoms with Crippen molar-refractivity contribution in [2.75, 3.05) is 0 Å². The maximum absolute atomic E-state index is 13.2. The molecule has 0 spiro atoms. The third-order valence-corrected chi connectivity index (χ3v) is 2.97. The fourth-order valence-corrected chi connectivity index (χ4v) is 1.77. The fraction of sp³-hybridized carbons (Fsp3) is 0. The van der Waals surface area contributed by atoms with Crippen LogP contribution in [0.3, 0.4) is 0 Å². The van der Waals surface area contributed by atoms with Crippen LogP contribution in [-0.2, 0) is 0 Å². The molecule has 0 aliphatic heterocycles. The van der Waals surface area contributed by atoms with Crippen molar-refractivity contribution < 1.29 is 13.5 Å². The van der Waals surface area contributed by atoms with E-state index < -0.39 is 21.9 Å². The highest BCUT2D eigenvalue weighted by atomic mass is 35.5. The number of rotatable bonds is 2. The van der Waals surface area contributed by atoms with Crippen LogP contribution in [0.2, 0.25) is 15.1 Å². The summed E-state index contributed by atoms with van der Waals surface area (Å²) in [7, 11) is 0. The first-order valence-corrected chi connectivity index (χ1v) is 5.76. The Morgan fingerprint density at radius 3 is 2.06 bits per heavy atom. The molecule has 0 radical (unpaired) electrons. The first kappa shape index (κ1) is 13.3. The second-order valence-corrected chi connectivity index (χ2v) is 4.35. The van der Waals surface area contributed by atoms with E-state index in [9.17, 15) is 8.78 Å². The van der Waals surface area contributed by atoms with Gasteiger partial charge in [0, 0.05) is 0 Å². The largest absolute Gasteiger partial charge is 0.452 e. The summed E-state index contributed by atoms with van der Waals surface area (Å²) in [4.78, 5) is 2.89.